The van der Waals surface area contributed by atoms with Crippen LogP contribution in [0, 0.1) is 0 Å². The molecule has 0 spiro atoms. The zero-order valence-corrected chi connectivity index (χ0v) is 43.0. The van der Waals surface area contributed by atoms with E-state index in [1.165, 1.54) is 115 Å². The topological polar surface area (TPSA) is 204 Å². The first-order valence-corrected chi connectivity index (χ1v) is 25.0. The third-order valence-corrected chi connectivity index (χ3v) is 18.6. The Hall–Kier alpha value is -1.05. The molecule has 28 heteroatoms. The number of halogens is 12. The van der Waals surface area contributed by atoms with Crippen LogP contribution in [-0.2, 0) is 51.7 Å². The molecule has 9 N–H and O–H groups in total. The number of alkyl halides is 12. The Morgan fingerprint density at radius 2 is 0.941 bits per heavy atom. The van der Waals surface area contributed by atoms with Crippen LogP contribution in [0.5, 0.6) is 0 Å². The number of carboxylic acid groups (broad SMARTS) is 2. The zero-order valence-electron chi connectivity index (χ0n) is 36.9. The molecule has 2 saturated carbocycles. The number of pyridine rings is 1. The molecule has 3 aliphatic heterocycles. The van der Waals surface area contributed by atoms with Crippen molar-refractivity contribution >= 4 is 33.2 Å². The maximum absolute atomic E-state index is 10.7. The van der Waals surface area contributed by atoms with E-state index in [-0.39, 0.29) is 50.1 Å². The van der Waals surface area contributed by atoms with Crippen LogP contribution in [0.3, 0.4) is 0 Å². The number of nitrogens with zero attached hydrogens (tertiary/aromatic N) is 1. The van der Waals surface area contributed by atoms with Crippen LogP contribution in [0.2, 0.25) is 0 Å². The summed E-state index contributed by atoms with van der Waals surface area (Å²) < 4.78 is 128. The van der Waals surface area contributed by atoms with Gasteiger partial charge in [0.1, 0.15) is 17.3 Å². The summed E-state index contributed by atoms with van der Waals surface area (Å²) >= 11 is 0. The summed E-state index contributed by atoms with van der Waals surface area (Å²) in [6.07, 6.45) is 4.92. The van der Waals surface area contributed by atoms with Crippen molar-refractivity contribution in [1.82, 2.24) is 20.9 Å². The number of carboxylic acids is 2. The molecule has 396 valence electrons. The van der Waals surface area contributed by atoms with Gasteiger partial charge in [0, 0.05) is 69.2 Å². The van der Waals surface area contributed by atoms with E-state index in [1.807, 2.05) is 12.3 Å². The van der Waals surface area contributed by atoms with Crippen LogP contribution in [0.15, 0.2) is 36.5 Å². The van der Waals surface area contributed by atoms with E-state index < -0.39 is 57.1 Å². The van der Waals surface area contributed by atoms with Crippen molar-refractivity contribution in [2.24, 2.45) is 0 Å². The van der Waals surface area contributed by atoms with Crippen molar-refractivity contribution in [3.8, 4) is 0 Å². The van der Waals surface area contributed by atoms with Crippen molar-refractivity contribution in [2.45, 2.75) is 175 Å². The van der Waals surface area contributed by atoms with Crippen molar-refractivity contribution in [2.75, 3.05) is 19.6 Å². The summed E-state index contributed by atoms with van der Waals surface area (Å²) in [6, 6.07) is 6.47. The van der Waals surface area contributed by atoms with Crippen LogP contribution in [0.4, 0.5) is 52.7 Å². The van der Waals surface area contributed by atoms with Crippen molar-refractivity contribution in [1.29, 1.82) is 0 Å². The predicted octanol–water partition coefficient (Wildman–Crippen LogP) is 7.84. The molecule has 0 radical (unpaired) electrons. The smallest absolute Gasteiger partial charge is 0.475 e. The molecular formula is C40H64F12Mo2N4O8P2+2. The van der Waals surface area contributed by atoms with Gasteiger partial charge in [-0.1, -0.05) is 31.1 Å². The summed E-state index contributed by atoms with van der Waals surface area (Å²) in [5.41, 5.74) is 3.41. The maximum Gasteiger partial charge on any atom is 0.490 e. The molecule has 4 atom stereocenters. The minimum absolute atomic E-state index is 0. The molecule has 2 saturated heterocycles. The molecule has 1 aromatic rings. The summed E-state index contributed by atoms with van der Waals surface area (Å²) in [6.45, 7) is 3.62. The molecule has 4 fully saturated rings. The molecule has 68 heavy (non-hydrogen) atoms. The zero-order chi connectivity index (χ0) is 50.1. The van der Waals surface area contributed by atoms with Gasteiger partial charge in [-0.3, -0.25) is 16.0 Å². The number of hydrogen-bond donors (Lipinski definition) is 9. The first kappa shape index (κ1) is 69.0. The number of piperidine rings is 2. The van der Waals surface area contributed by atoms with Crippen molar-refractivity contribution in [3.63, 3.8) is 0 Å². The second-order valence-electron chi connectivity index (χ2n) is 15.9. The van der Waals surface area contributed by atoms with E-state index in [1.54, 1.807) is 12.8 Å². The van der Waals surface area contributed by atoms with Crippen molar-refractivity contribution < 1.29 is 135 Å². The maximum atomic E-state index is 10.7. The number of aliphatic hydroxyl groups excluding tert-OH is 2. The van der Waals surface area contributed by atoms with Gasteiger partial charge >= 0.3 is 36.6 Å². The van der Waals surface area contributed by atoms with Gasteiger partial charge in [-0.15, -0.1) is 0 Å². The first-order chi connectivity index (χ1) is 30.7. The number of aliphatic carboxylic acids is 2. The Morgan fingerprint density at radius 1 is 0.559 bits per heavy atom. The number of aromatic nitrogens is 1. The van der Waals surface area contributed by atoms with E-state index in [2.05, 4.69) is 40.2 Å². The normalized spacial score (nSPS) is 22.4. The van der Waals surface area contributed by atoms with Crippen LogP contribution in [0.1, 0.15) is 109 Å². The third kappa shape index (κ3) is 29.5. The fraction of sp³-hybridized carbons (Fsp3) is 0.775. The van der Waals surface area contributed by atoms with Gasteiger partial charge < -0.3 is 30.6 Å². The average molecular weight is 1210 g/mol. The number of nitrogens with one attached hydrogen (secondary N) is 3. The van der Waals surface area contributed by atoms with Gasteiger partial charge in [-0.2, -0.15) is 52.7 Å². The van der Waals surface area contributed by atoms with Gasteiger partial charge in [0.05, 0.1) is 19.2 Å². The number of hydrogen-bond acceptors (Lipinski definition) is 10. The summed E-state index contributed by atoms with van der Waals surface area (Å²) in [5.74, 6) is -3.01. The van der Waals surface area contributed by atoms with E-state index in [4.69, 9.17) is 45.2 Å². The minimum Gasteiger partial charge on any atom is -0.475 e. The molecule has 6 rings (SSSR count). The van der Waals surface area contributed by atoms with Crippen LogP contribution < -0.4 is 21.4 Å². The monoisotopic (exact) mass is 1210 g/mol. The second-order valence-corrected chi connectivity index (χ2v) is 22.1. The SMILES string of the molecule is C1=CCC([PH+](c2ccccn2)C2CCCCC2)NC1.C1CCC([PH+](C2CCCCN2)C2CCCCN2)CC1.O=C(O)C(F)(F)F.O=C(O)C(F)(F)F.OC(O)C(F)(F)F.OC(O)C(F)(F)F.[Mo].[Mo]. The summed E-state index contributed by atoms with van der Waals surface area (Å²) in [7, 11) is -0.866. The van der Waals surface area contributed by atoms with E-state index in [9.17, 15) is 52.7 Å². The Morgan fingerprint density at radius 3 is 1.24 bits per heavy atom. The number of carbonyl (C=O) groups is 2. The minimum atomic E-state index is -5.08. The quantitative estimate of drug-likeness (QED) is 0.0440. The molecule has 0 amide bonds. The third-order valence-electron chi connectivity index (χ3n) is 11.0. The molecule has 12 nitrogen and oxygen atoms in total. The van der Waals surface area contributed by atoms with E-state index in [0.717, 1.165) is 29.4 Å². The summed E-state index contributed by atoms with van der Waals surface area (Å²) in [5, 5.41) is 55.1. The van der Waals surface area contributed by atoms with Crippen LogP contribution in [0.25, 0.3) is 0 Å². The van der Waals surface area contributed by atoms with Gasteiger partial charge in [-0.25, -0.2) is 14.6 Å². The molecular weight excluding hydrogens is 1150 g/mol. The predicted molar refractivity (Wildman–Crippen MR) is 227 cm³/mol. The Kier molecular flexibility index (Phi) is 35.7. The second kappa shape index (κ2) is 35.2. The van der Waals surface area contributed by atoms with Gasteiger partial charge in [0.25, 0.3) is 12.6 Å². The van der Waals surface area contributed by atoms with Gasteiger partial charge in [-0.05, 0) is 115 Å². The Labute approximate surface area is 418 Å². The molecule has 2 aliphatic carbocycles. The number of rotatable bonds is 6. The van der Waals surface area contributed by atoms with E-state index >= 15 is 0 Å². The molecule has 0 aromatic carbocycles. The molecule has 5 aliphatic rings. The number of aliphatic hydroxyl groups is 4. The largest absolute Gasteiger partial charge is 0.490 e. The molecule has 1 aromatic heterocycles. The standard InChI is InChI=1S/C16H31N2P.C16H23N2P.2C2H3F3O2.2C2HF3O2.2Mo/c2*1-2-8-14(9-3-1)19(15-10-4-6-12-17-15)16-11-5-7-13-18-16;4*3-2(4,5)1(6)7;;/h14-18H,1-13H2;4-7,10,12,14,16,18H,1-3,8-9,11,13H2;2*1,6-7H;2*(H,6,7);;/p+2. The summed E-state index contributed by atoms with van der Waals surface area (Å²) in [4.78, 5) is 22.5. The Balaban J connectivity index is 0. The van der Waals surface area contributed by atoms with Crippen LogP contribution in [-0.4, -0.2) is 133 Å². The van der Waals surface area contributed by atoms with Gasteiger partial charge in [0.2, 0.25) is 0 Å². The van der Waals surface area contributed by atoms with Crippen molar-refractivity contribution in [3.05, 3.63) is 36.5 Å². The molecule has 4 unspecified atom stereocenters. The fourth-order valence-electron chi connectivity index (χ4n) is 7.99. The molecule has 4 heterocycles. The fourth-order valence-corrected chi connectivity index (χ4v) is 16.1. The first-order valence-electron chi connectivity index (χ1n) is 21.6. The van der Waals surface area contributed by atoms with Gasteiger partial charge in [0.15, 0.2) is 5.44 Å². The van der Waals surface area contributed by atoms with E-state index in [0.29, 0.717) is 5.78 Å². The average Bonchev–Trinajstić information content (AvgIpc) is 3.26. The molecule has 0 bridgehead atoms. The Bertz CT molecular complexity index is 1420. The van der Waals surface area contributed by atoms with Crippen LogP contribution >= 0.6 is 15.8 Å².